The number of carbonyl (C=O) groups is 1. The van der Waals surface area contributed by atoms with Crippen LogP contribution in [-0.4, -0.2) is 30.8 Å². The summed E-state index contributed by atoms with van der Waals surface area (Å²) in [7, 11) is 0. The zero-order valence-corrected chi connectivity index (χ0v) is 9.98. The van der Waals surface area contributed by atoms with Gasteiger partial charge in [0, 0.05) is 6.54 Å². The summed E-state index contributed by atoms with van der Waals surface area (Å²) in [6, 6.07) is 9.77. The number of benzene rings is 1. The Morgan fingerprint density at radius 1 is 1.24 bits per heavy atom. The van der Waals surface area contributed by atoms with Gasteiger partial charge in [-0.2, -0.15) is 0 Å². The van der Waals surface area contributed by atoms with Crippen molar-refractivity contribution >= 4 is 6.09 Å². The van der Waals surface area contributed by atoms with E-state index < -0.39 is 6.09 Å². The summed E-state index contributed by atoms with van der Waals surface area (Å²) in [5.41, 5.74) is 1.14. The van der Waals surface area contributed by atoms with Crippen LogP contribution in [-0.2, 0) is 6.42 Å². The van der Waals surface area contributed by atoms with Crippen LogP contribution in [0.5, 0.6) is 0 Å². The molecule has 0 atom stereocenters. The van der Waals surface area contributed by atoms with Crippen LogP contribution in [0.3, 0.4) is 0 Å². The summed E-state index contributed by atoms with van der Waals surface area (Å²) in [6.07, 6.45) is 2.55. The minimum atomic E-state index is -0.967. The zero-order chi connectivity index (χ0) is 12.3. The van der Waals surface area contributed by atoms with Crippen molar-refractivity contribution in [3.05, 3.63) is 35.9 Å². The molecule has 94 valence electrons. The highest BCUT2D eigenvalue weighted by molar-refractivity contribution is 5.64. The van der Waals surface area contributed by atoms with Crippen molar-refractivity contribution in [1.82, 2.24) is 10.6 Å². The number of hydrogen-bond acceptors (Lipinski definition) is 2. The van der Waals surface area contributed by atoms with E-state index in [9.17, 15) is 4.79 Å². The molecule has 0 saturated carbocycles. The molecule has 1 aromatic carbocycles. The summed E-state index contributed by atoms with van der Waals surface area (Å²) in [5, 5.41) is 13.8. The predicted octanol–water partition coefficient (Wildman–Crippen LogP) is 1.87. The second-order valence-corrected chi connectivity index (χ2v) is 3.92. The maximum atomic E-state index is 10.1. The lowest BCUT2D eigenvalue weighted by atomic mass is 10.1. The van der Waals surface area contributed by atoms with Gasteiger partial charge in [0.2, 0.25) is 0 Å². The molecular weight excluding hydrogens is 216 g/mol. The van der Waals surface area contributed by atoms with Crippen molar-refractivity contribution in [3.63, 3.8) is 0 Å². The van der Waals surface area contributed by atoms with E-state index in [1.165, 1.54) is 25.9 Å². The van der Waals surface area contributed by atoms with E-state index >= 15 is 0 Å². The molecule has 1 aliphatic rings. The molecular formula is C13H20N2O2. The molecule has 0 aromatic heterocycles. The minimum Gasteiger partial charge on any atom is -0.465 e. The van der Waals surface area contributed by atoms with Crippen molar-refractivity contribution < 1.29 is 9.90 Å². The van der Waals surface area contributed by atoms with Gasteiger partial charge in [-0.25, -0.2) is 4.79 Å². The quantitative estimate of drug-likeness (QED) is 0.750. The lowest BCUT2D eigenvalue weighted by Crippen LogP contribution is -2.23. The molecule has 0 unspecified atom stereocenters. The molecule has 0 radical (unpaired) electrons. The topological polar surface area (TPSA) is 61.4 Å². The SMILES string of the molecule is C1CCNC1.O=C(O)NCCc1ccccc1. The molecule has 0 bridgehead atoms. The molecule has 1 aliphatic heterocycles. The van der Waals surface area contributed by atoms with Crippen molar-refractivity contribution in [2.24, 2.45) is 0 Å². The van der Waals surface area contributed by atoms with Gasteiger partial charge in [0.05, 0.1) is 0 Å². The first-order valence-corrected chi connectivity index (χ1v) is 6.00. The Bertz CT molecular complexity index is 303. The normalized spacial score (nSPS) is 13.6. The second-order valence-electron chi connectivity index (χ2n) is 3.92. The maximum absolute atomic E-state index is 10.1. The molecule has 1 aromatic rings. The van der Waals surface area contributed by atoms with Gasteiger partial charge in [-0.3, -0.25) is 0 Å². The standard InChI is InChI=1S/C9H11NO2.C4H9N/c11-9(12)10-7-6-8-4-2-1-3-5-8;1-2-4-5-3-1/h1-5,10H,6-7H2,(H,11,12);5H,1-4H2. The van der Waals surface area contributed by atoms with Crippen LogP contribution < -0.4 is 10.6 Å². The van der Waals surface area contributed by atoms with Crippen LogP contribution in [0, 0.1) is 0 Å². The van der Waals surface area contributed by atoms with Crippen LogP contribution in [0.1, 0.15) is 18.4 Å². The largest absolute Gasteiger partial charge is 0.465 e. The average molecular weight is 236 g/mol. The summed E-state index contributed by atoms with van der Waals surface area (Å²) in [4.78, 5) is 10.1. The summed E-state index contributed by atoms with van der Waals surface area (Å²) < 4.78 is 0. The maximum Gasteiger partial charge on any atom is 0.404 e. The molecule has 2 rings (SSSR count). The highest BCUT2D eigenvalue weighted by Gasteiger charge is 1.94. The van der Waals surface area contributed by atoms with Crippen LogP contribution in [0.4, 0.5) is 4.79 Å². The molecule has 17 heavy (non-hydrogen) atoms. The van der Waals surface area contributed by atoms with Crippen molar-refractivity contribution in [2.75, 3.05) is 19.6 Å². The number of hydrogen-bond donors (Lipinski definition) is 3. The highest BCUT2D eigenvalue weighted by atomic mass is 16.4. The Morgan fingerprint density at radius 2 is 1.88 bits per heavy atom. The van der Waals surface area contributed by atoms with Crippen molar-refractivity contribution in [3.8, 4) is 0 Å². The van der Waals surface area contributed by atoms with Gasteiger partial charge in [-0.05, 0) is 37.9 Å². The molecule has 3 N–H and O–H groups in total. The van der Waals surface area contributed by atoms with E-state index in [2.05, 4.69) is 10.6 Å². The van der Waals surface area contributed by atoms with E-state index in [4.69, 9.17) is 5.11 Å². The highest BCUT2D eigenvalue weighted by Crippen LogP contribution is 1.97. The van der Waals surface area contributed by atoms with Crippen LogP contribution in [0.15, 0.2) is 30.3 Å². The third-order valence-corrected chi connectivity index (χ3v) is 2.49. The van der Waals surface area contributed by atoms with E-state index in [1.807, 2.05) is 30.3 Å². The molecule has 1 saturated heterocycles. The van der Waals surface area contributed by atoms with Gasteiger partial charge in [0.1, 0.15) is 0 Å². The van der Waals surface area contributed by atoms with Gasteiger partial charge in [-0.15, -0.1) is 0 Å². The number of rotatable bonds is 3. The fourth-order valence-corrected chi connectivity index (χ4v) is 1.58. The Kier molecular flexibility index (Phi) is 6.82. The molecule has 0 aliphatic carbocycles. The van der Waals surface area contributed by atoms with Crippen LogP contribution in [0.2, 0.25) is 0 Å². The first kappa shape index (κ1) is 13.5. The Balaban J connectivity index is 0.000000239. The Hall–Kier alpha value is -1.55. The molecule has 4 nitrogen and oxygen atoms in total. The zero-order valence-electron chi connectivity index (χ0n) is 9.98. The smallest absolute Gasteiger partial charge is 0.404 e. The van der Waals surface area contributed by atoms with Gasteiger partial charge in [-0.1, -0.05) is 30.3 Å². The van der Waals surface area contributed by atoms with Gasteiger partial charge >= 0.3 is 6.09 Å². The third kappa shape index (κ3) is 7.36. The molecule has 1 heterocycles. The lowest BCUT2D eigenvalue weighted by molar-refractivity contribution is 0.194. The third-order valence-electron chi connectivity index (χ3n) is 2.49. The Morgan fingerprint density at radius 3 is 2.35 bits per heavy atom. The summed E-state index contributed by atoms with van der Waals surface area (Å²) in [6.45, 7) is 2.97. The molecule has 0 spiro atoms. The minimum absolute atomic E-state index is 0.472. The second kappa shape index (κ2) is 8.58. The molecule has 1 amide bonds. The molecule has 4 heteroatoms. The number of nitrogens with one attached hydrogen (secondary N) is 2. The first-order valence-electron chi connectivity index (χ1n) is 6.00. The number of carboxylic acid groups (broad SMARTS) is 1. The molecule has 1 fully saturated rings. The van der Waals surface area contributed by atoms with E-state index in [-0.39, 0.29) is 0 Å². The van der Waals surface area contributed by atoms with E-state index in [0.717, 1.165) is 12.0 Å². The van der Waals surface area contributed by atoms with E-state index in [1.54, 1.807) is 0 Å². The van der Waals surface area contributed by atoms with Gasteiger partial charge in [0.15, 0.2) is 0 Å². The first-order chi connectivity index (χ1) is 8.29. The monoisotopic (exact) mass is 236 g/mol. The van der Waals surface area contributed by atoms with Crippen LogP contribution >= 0.6 is 0 Å². The van der Waals surface area contributed by atoms with Gasteiger partial charge < -0.3 is 15.7 Å². The van der Waals surface area contributed by atoms with E-state index in [0.29, 0.717) is 6.54 Å². The van der Waals surface area contributed by atoms with Gasteiger partial charge in [0.25, 0.3) is 0 Å². The predicted molar refractivity (Wildman–Crippen MR) is 68.3 cm³/mol. The lowest BCUT2D eigenvalue weighted by Gasteiger charge is -2.00. The van der Waals surface area contributed by atoms with Crippen molar-refractivity contribution in [1.29, 1.82) is 0 Å². The average Bonchev–Trinajstić information content (AvgIpc) is 2.88. The van der Waals surface area contributed by atoms with Crippen molar-refractivity contribution in [2.45, 2.75) is 19.3 Å². The summed E-state index contributed by atoms with van der Waals surface area (Å²) in [5.74, 6) is 0. The Labute approximate surface area is 102 Å². The number of amides is 1. The summed E-state index contributed by atoms with van der Waals surface area (Å²) >= 11 is 0. The fourth-order valence-electron chi connectivity index (χ4n) is 1.58. The fraction of sp³-hybridized carbons (Fsp3) is 0.462. The van der Waals surface area contributed by atoms with Crippen LogP contribution in [0.25, 0.3) is 0 Å².